The molecule has 1 aliphatic heterocycles. The Hall–Kier alpha value is -0.160. The van der Waals surface area contributed by atoms with E-state index < -0.39 is 5.60 Å². The van der Waals surface area contributed by atoms with Gasteiger partial charge in [-0.2, -0.15) is 0 Å². The van der Waals surface area contributed by atoms with Gasteiger partial charge in [0.25, 0.3) is 0 Å². The first-order valence-electron chi connectivity index (χ1n) is 6.40. The third-order valence-electron chi connectivity index (χ3n) is 3.72. The van der Waals surface area contributed by atoms with Crippen LogP contribution >= 0.6 is 0 Å². The number of aliphatic hydroxyl groups is 1. The second-order valence-corrected chi connectivity index (χ2v) is 5.35. The fourth-order valence-corrected chi connectivity index (χ4v) is 2.59. The molecular weight excluding hydrogens is 204 g/mol. The van der Waals surface area contributed by atoms with Crippen molar-refractivity contribution in [3.8, 4) is 0 Å². The highest BCUT2D eigenvalue weighted by atomic mass is 16.5. The second-order valence-electron chi connectivity index (χ2n) is 5.35. The minimum Gasteiger partial charge on any atom is -0.387 e. The highest BCUT2D eigenvalue weighted by molar-refractivity contribution is 4.97. The van der Waals surface area contributed by atoms with Crippen LogP contribution in [-0.4, -0.2) is 54.5 Å². The van der Waals surface area contributed by atoms with Gasteiger partial charge in [0.15, 0.2) is 0 Å². The molecular formula is C12H24N2O2. The minimum absolute atomic E-state index is 0.267. The summed E-state index contributed by atoms with van der Waals surface area (Å²) < 4.78 is 5.60. The van der Waals surface area contributed by atoms with E-state index >= 15 is 0 Å². The minimum atomic E-state index is -0.663. The number of ether oxygens (including phenoxy) is 1. The Labute approximate surface area is 97.7 Å². The average Bonchev–Trinajstić information content (AvgIpc) is 3.06. The molecule has 4 heteroatoms. The molecule has 16 heavy (non-hydrogen) atoms. The van der Waals surface area contributed by atoms with E-state index in [1.54, 1.807) is 0 Å². The molecule has 94 valence electrons. The SMILES string of the molecule is CC1CN(CC(O)(CN)C2CC2)CCCO1. The molecule has 2 rings (SSSR count). The van der Waals surface area contributed by atoms with E-state index in [1.807, 2.05) is 0 Å². The van der Waals surface area contributed by atoms with Crippen LogP contribution in [0.25, 0.3) is 0 Å². The maximum atomic E-state index is 10.5. The Kier molecular flexibility index (Phi) is 3.85. The molecule has 2 aliphatic rings. The Morgan fingerprint density at radius 1 is 1.50 bits per heavy atom. The average molecular weight is 228 g/mol. The summed E-state index contributed by atoms with van der Waals surface area (Å²) >= 11 is 0. The monoisotopic (exact) mass is 228 g/mol. The molecule has 1 aliphatic carbocycles. The van der Waals surface area contributed by atoms with E-state index in [-0.39, 0.29) is 6.10 Å². The first-order chi connectivity index (χ1) is 7.64. The third kappa shape index (κ3) is 2.94. The normalized spacial score (nSPS) is 32.1. The number of hydrogen-bond donors (Lipinski definition) is 2. The van der Waals surface area contributed by atoms with Crippen molar-refractivity contribution in [2.45, 2.75) is 37.9 Å². The molecule has 0 bridgehead atoms. The summed E-state index contributed by atoms with van der Waals surface area (Å²) in [7, 11) is 0. The molecule has 0 radical (unpaired) electrons. The summed E-state index contributed by atoms with van der Waals surface area (Å²) in [6.45, 7) is 5.94. The zero-order valence-electron chi connectivity index (χ0n) is 10.2. The molecule has 1 heterocycles. The molecule has 2 unspecified atom stereocenters. The van der Waals surface area contributed by atoms with Crippen LogP contribution in [0.15, 0.2) is 0 Å². The van der Waals surface area contributed by atoms with Crippen LogP contribution in [0.3, 0.4) is 0 Å². The van der Waals surface area contributed by atoms with Gasteiger partial charge in [0.2, 0.25) is 0 Å². The van der Waals surface area contributed by atoms with Crippen molar-refractivity contribution in [1.82, 2.24) is 4.90 Å². The zero-order chi connectivity index (χ0) is 11.6. The van der Waals surface area contributed by atoms with Gasteiger partial charge in [-0.3, -0.25) is 4.90 Å². The van der Waals surface area contributed by atoms with E-state index in [0.717, 1.165) is 39.0 Å². The van der Waals surface area contributed by atoms with Crippen LogP contribution < -0.4 is 5.73 Å². The highest BCUT2D eigenvalue weighted by Gasteiger charge is 2.43. The Morgan fingerprint density at radius 3 is 2.88 bits per heavy atom. The zero-order valence-corrected chi connectivity index (χ0v) is 10.2. The number of nitrogens with zero attached hydrogens (tertiary/aromatic N) is 1. The van der Waals surface area contributed by atoms with Crippen LogP contribution in [0.5, 0.6) is 0 Å². The molecule has 0 aromatic rings. The van der Waals surface area contributed by atoms with Gasteiger partial charge in [-0.05, 0) is 32.1 Å². The summed E-state index contributed by atoms with van der Waals surface area (Å²) in [5.41, 5.74) is 5.07. The van der Waals surface area contributed by atoms with Gasteiger partial charge in [0.1, 0.15) is 0 Å². The summed E-state index contributed by atoms with van der Waals surface area (Å²) in [5, 5.41) is 10.5. The maximum Gasteiger partial charge on any atom is 0.0923 e. The standard InChI is InChI=1S/C12H24N2O2/c1-10-7-14(5-2-6-16-10)9-12(15,8-13)11-3-4-11/h10-11,15H,2-9,13H2,1H3. The summed E-state index contributed by atoms with van der Waals surface area (Å²) in [6.07, 6.45) is 3.58. The lowest BCUT2D eigenvalue weighted by molar-refractivity contribution is -0.0143. The van der Waals surface area contributed by atoms with Crippen LogP contribution in [0, 0.1) is 5.92 Å². The second kappa shape index (κ2) is 5.00. The van der Waals surface area contributed by atoms with Crippen molar-refractivity contribution < 1.29 is 9.84 Å². The topological polar surface area (TPSA) is 58.7 Å². The molecule has 0 spiro atoms. The van der Waals surface area contributed by atoms with Crippen molar-refractivity contribution in [2.75, 3.05) is 32.8 Å². The van der Waals surface area contributed by atoms with E-state index in [0.29, 0.717) is 19.0 Å². The van der Waals surface area contributed by atoms with Crippen LogP contribution in [-0.2, 0) is 4.74 Å². The van der Waals surface area contributed by atoms with Gasteiger partial charge in [-0.15, -0.1) is 0 Å². The lowest BCUT2D eigenvalue weighted by atomic mass is 9.97. The van der Waals surface area contributed by atoms with Gasteiger partial charge in [-0.25, -0.2) is 0 Å². The predicted molar refractivity (Wildman–Crippen MR) is 63.2 cm³/mol. The van der Waals surface area contributed by atoms with Gasteiger partial charge in [0, 0.05) is 32.8 Å². The van der Waals surface area contributed by atoms with Crippen LogP contribution in [0.4, 0.5) is 0 Å². The first kappa shape index (κ1) is 12.3. The molecule has 0 aromatic carbocycles. The molecule has 3 N–H and O–H groups in total. The number of rotatable bonds is 4. The molecule has 1 saturated heterocycles. The molecule has 4 nitrogen and oxygen atoms in total. The van der Waals surface area contributed by atoms with Crippen molar-refractivity contribution >= 4 is 0 Å². The van der Waals surface area contributed by atoms with Crippen LogP contribution in [0.2, 0.25) is 0 Å². The predicted octanol–water partition coefficient (Wildman–Crippen LogP) is 0.197. The van der Waals surface area contributed by atoms with E-state index in [2.05, 4.69) is 11.8 Å². The van der Waals surface area contributed by atoms with Gasteiger partial charge < -0.3 is 15.6 Å². The molecule has 0 aromatic heterocycles. The van der Waals surface area contributed by atoms with Gasteiger partial charge >= 0.3 is 0 Å². The fraction of sp³-hybridized carbons (Fsp3) is 1.00. The Bertz CT molecular complexity index is 233. The number of hydrogen-bond acceptors (Lipinski definition) is 4. The van der Waals surface area contributed by atoms with Crippen molar-refractivity contribution in [1.29, 1.82) is 0 Å². The van der Waals surface area contributed by atoms with E-state index in [1.165, 1.54) is 0 Å². The summed E-state index contributed by atoms with van der Waals surface area (Å²) in [6, 6.07) is 0. The van der Waals surface area contributed by atoms with Crippen molar-refractivity contribution in [2.24, 2.45) is 11.7 Å². The van der Waals surface area contributed by atoms with Gasteiger partial charge in [0.05, 0.1) is 11.7 Å². The lowest BCUT2D eigenvalue weighted by Crippen LogP contribution is -2.51. The maximum absolute atomic E-state index is 10.5. The van der Waals surface area contributed by atoms with E-state index in [9.17, 15) is 5.11 Å². The summed E-state index contributed by atoms with van der Waals surface area (Å²) in [5.74, 6) is 0.428. The molecule has 1 saturated carbocycles. The Morgan fingerprint density at radius 2 is 2.25 bits per heavy atom. The highest BCUT2D eigenvalue weighted by Crippen LogP contribution is 2.39. The number of nitrogens with two attached hydrogens (primary N) is 1. The molecule has 2 fully saturated rings. The quantitative estimate of drug-likeness (QED) is 0.721. The van der Waals surface area contributed by atoms with Crippen molar-refractivity contribution in [3.63, 3.8) is 0 Å². The van der Waals surface area contributed by atoms with E-state index in [4.69, 9.17) is 10.5 Å². The molecule has 2 atom stereocenters. The summed E-state index contributed by atoms with van der Waals surface area (Å²) in [4.78, 5) is 2.31. The lowest BCUT2D eigenvalue weighted by Gasteiger charge is -2.33. The largest absolute Gasteiger partial charge is 0.387 e. The smallest absolute Gasteiger partial charge is 0.0923 e. The number of β-amino-alcohol motifs (C(OH)–C–C–N with tert-alkyl or cyclic N) is 1. The van der Waals surface area contributed by atoms with Crippen LogP contribution in [0.1, 0.15) is 26.2 Å². The van der Waals surface area contributed by atoms with Gasteiger partial charge in [-0.1, -0.05) is 0 Å². The van der Waals surface area contributed by atoms with Crippen molar-refractivity contribution in [3.05, 3.63) is 0 Å². The Balaban J connectivity index is 1.90. The third-order valence-corrected chi connectivity index (χ3v) is 3.72. The fourth-order valence-electron chi connectivity index (χ4n) is 2.59. The first-order valence-corrected chi connectivity index (χ1v) is 6.40. The molecule has 0 amide bonds.